The molecule has 1 aromatic heterocycles. The molecule has 0 aliphatic carbocycles. The normalized spacial score (nSPS) is 17.6. The molecule has 1 N–H and O–H groups in total. The van der Waals surface area contributed by atoms with Crippen molar-refractivity contribution in [3.05, 3.63) is 52.0 Å². The Balaban J connectivity index is 1.94. The van der Waals surface area contributed by atoms with Crippen LogP contribution in [-0.4, -0.2) is 36.2 Å². The number of carboxylic acid groups (broad SMARTS) is 1. The van der Waals surface area contributed by atoms with Gasteiger partial charge in [0.25, 0.3) is 0 Å². The Hall–Kier alpha value is -1.92. The van der Waals surface area contributed by atoms with E-state index in [4.69, 9.17) is 4.74 Å². The summed E-state index contributed by atoms with van der Waals surface area (Å²) in [5.74, 6) is -0.673. The van der Waals surface area contributed by atoms with E-state index in [1.54, 1.807) is 24.5 Å². The molecular formula is C18H20FNO3S. The van der Waals surface area contributed by atoms with Gasteiger partial charge >= 0.3 is 5.97 Å². The molecule has 0 spiro atoms. The van der Waals surface area contributed by atoms with Crippen LogP contribution in [0.1, 0.15) is 29.3 Å². The Morgan fingerprint density at radius 3 is 2.71 bits per heavy atom. The Kier molecular flexibility index (Phi) is 5.16. The molecule has 128 valence electrons. The number of nitrogens with zero attached hydrogens (tertiary/aromatic N) is 1. The van der Waals surface area contributed by atoms with Crippen molar-refractivity contribution < 1.29 is 19.0 Å². The first-order chi connectivity index (χ1) is 11.6. The van der Waals surface area contributed by atoms with Gasteiger partial charge < -0.3 is 9.84 Å². The maximum atomic E-state index is 13.9. The highest BCUT2D eigenvalue weighted by atomic mass is 32.1. The second-order valence-electron chi connectivity index (χ2n) is 5.95. The molecule has 4 nitrogen and oxygen atoms in total. The van der Waals surface area contributed by atoms with E-state index in [9.17, 15) is 14.3 Å². The largest absolute Gasteiger partial charge is 0.496 e. The van der Waals surface area contributed by atoms with Crippen molar-refractivity contribution >= 4 is 17.3 Å². The van der Waals surface area contributed by atoms with Gasteiger partial charge in [-0.3, -0.25) is 9.69 Å². The van der Waals surface area contributed by atoms with E-state index in [0.29, 0.717) is 31.7 Å². The van der Waals surface area contributed by atoms with Crippen LogP contribution in [0.4, 0.5) is 4.39 Å². The summed E-state index contributed by atoms with van der Waals surface area (Å²) < 4.78 is 19.3. The van der Waals surface area contributed by atoms with Crippen LogP contribution in [0.25, 0.3) is 0 Å². The minimum absolute atomic E-state index is 0.120. The molecule has 0 saturated carbocycles. The van der Waals surface area contributed by atoms with Crippen molar-refractivity contribution in [1.29, 1.82) is 0 Å². The molecule has 1 aliphatic rings. The first-order valence-corrected chi connectivity index (χ1v) is 8.82. The van der Waals surface area contributed by atoms with Gasteiger partial charge in [-0.05, 0) is 55.6 Å². The number of halogens is 1. The van der Waals surface area contributed by atoms with Gasteiger partial charge in [0.15, 0.2) is 0 Å². The van der Waals surface area contributed by atoms with Crippen molar-refractivity contribution in [3.63, 3.8) is 0 Å². The molecule has 1 saturated heterocycles. The van der Waals surface area contributed by atoms with E-state index >= 15 is 0 Å². The maximum absolute atomic E-state index is 13.9. The van der Waals surface area contributed by atoms with E-state index in [0.717, 1.165) is 10.4 Å². The highest BCUT2D eigenvalue weighted by Gasteiger charge is 2.32. The van der Waals surface area contributed by atoms with Gasteiger partial charge in [-0.1, -0.05) is 6.07 Å². The van der Waals surface area contributed by atoms with Gasteiger partial charge in [-0.25, -0.2) is 4.39 Å². The second kappa shape index (κ2) is 7.32. The van der Waals surface area contributed by atoms with Gasteiger partial charge in [0.2, 0.25) is 0 Å². The highest BCUT2D eigenvalue weighted by Crippen LogP contribution is 2.39. The number of likely N-dealkylation sites (tertiary alicyclic amines) is 1. The van der Waals surface area contributed by atoms with Crippen LogP contribution in [-0.2, 0) is 4.79 Å². The number of carbonyl (C=O) groups is 1. The first-order valence-electron chi connectivity index (χ1n) is 7.94. The fraction of sp³-hybridized carbons (Fsp3) is 0.389. The predicted octanol–water partition coefficient (Wildman–Crippen LogP) is 3.78. The predicted molar refractivity (Wildman–Crippen MR) is 91.0 cm³/mol. The van der Waals surface area contributed by atoms with Gasteiger partial charge in [0, 0.05) is 10.4 Å². The zero-order chi connectivity index (χ0) is 17.1. The van der Waals surface area contributed by atoms with Crippen molar-refractivity contribution in [2.45, 2.75) is 18.9 Å². The van der Waals surface area contributed by atoms with Crippen LogP contribution in [0.15, 0.2) is 35.7 Å². The third kappa shape index (κ3) is 3.44. The van der Waals surface area contributed by atoms with E-state index in [1.807, 2.05) is 17.5 Å². The Labute approximate surface area is 144 Å². The number of rotatable bonds is 5. The molecule has 1 atom stereocenters. The lowest BCUT2D eigenvalue weighted by molar-refractivity contribution is -0.143. The summed E-state index contributed by atoms with van der Waals surface area (Å²) in [6, 6.07) is 8.45. The number of hydrogen-bond acceptors (Lipinski definition) is 4. The molecule has 6 heteroatoms. The molecule has 1 aliphatic heterocycles. The summed E-state index contributed by atoms with van der Waals surface area (Å²) >= 11 is 1.62. The Bertz CT molecular complexity index is 696. The molecule has 0 radical (unpaired) electrons. The molecule has 0 amide bonds. The van der Waals surface area contributed by atoms with E-state index in [1.165, 1.54) is 12.1 Å². The SMILES string of the molecule is COc1ccc(F)cc1C(c1cccs1)N1CCC(C(=O)O)CC1. The van der Waals surface area contributed by atoms with Crippen LogP contribution in [0.5, 0.6) is 5.75 Å². The Morgan fingerprint density at radius 2 is 2.12 bits per heavy atom. The number of thiophene rings is 1. The quantitative estimate of drug-likeness (QED) is 0.892. The molecule has 24 heavy (non-hydrogen) atoms. The monoisotopic (exact) mass is 349 g/mol. The topological polar surface area (TPSA) is 49.8 Å². The molecule has 2 heterocycles. The summed E-state index contributed by atoms with van der Waals surface area (Å²) in [7, 11) is 1.58. The Morgan fingerprint density at radius 1 is 1.38 bits per heavy atom. The molecular weight excluding hydrogens is 329 g/mol. The minimum Gasteiger partial charge on any atom is -0.496 e. The van der Waals surface area contributed by atoms with E-state index in [2.05, 4.69) is 4.90 Å². The number of benzene rings is 1. The van der Waals surface area contributed by atoms with Crippen molar-refractivity contribution in [2.24, 2.45) is 5.92 Å². The third-order valence-electron chi connectivity index (χ3n) is 4.54. The van der Waals surface area contributed by atoms with Crippen LogP contribution in [0, 0.1) is 11.7 Å². The number of aliphatic carboxylic acids is 1. The van der Waals surface area contributed by atoms with Gasteiger partial charge in [0.1, 0.15) is 11.6 Å². The molecule has 1 aromatic carbocycles. The number of methoxy groups -OCH3 is 1. The third-order valence-corrected chi connectivity index (χ3v) is 5.47. The van der Waals surface area contributed by atoms with Gasteiger partial charge in [-0.2, -0.15) is 0 Å². The summed E-state index contributed by atoms with van der Waals surface area (Å²) in [6.07, 6.45) is 1.21. The molecule has 2 aromatic rings. The summed E-state index contributed by atoms with van der Waals surface area (Å²) in [6.45, 7) is 1.33. The zero-order valence-electron chi connectivity index (χ0n) is 13.4. The van der Waals surface area contributed by atoms with Crippen molar-refractivity contribution in [3.8, 4) is 5.75 Å². The second-order valence-corrected chi connectivity index (χ2v) is 6.93. The van der Waals surface area contributed by atoms with Crippen molar-refractivity contribution in [2.75, 3.05) is 20.2 Å². The van der Waals surface area contributed by atoms with Crippen LogP contribution in [0.3, 0.4) is 0 Å². The molecule has 0 bridgehead atoms. The average molecular weight is 349 g/mol. The number of piperidine rings is 1. The lowest BCUT2D eigenvalue weighted by Gasteiger charge is -2.36. The highest BCUT2D eigenvalue weighted by molar-refractivity contribution is 7.10. The fourth-order valence-corrected chi connectivity index (χ4v) is 4.18. The number of carboxylic acids is 1. The van der Waals surface area contributed by atoms with E-state index < -0.39 is 5.97 Å². The lowest BCUT2D eigenvalue weighted by atomic mass is 9.93. The van der Waals surface area contributed by atoms with Crippen LogP contribution in [0.2, 0.25) is 0 Å². The summed E-state index contributed by atoms with van der Waals surface area (Å²) in [5.41, 5.74) is 0.786. The maximum Gasteiger partial charge on any atom is 0.306 e. The van der Waals surface area contributed by atoms with Crippen LogP contribution >= 0.6 is 11.3 Å². The van der Waals surface area contributed by atoms with E-state index in [-0.39, 0.29) is 17.8 Å². The smallest absolute Gasteiger partial charge is 0.306 e. The minimum atomic E-state index is -0.731. The molecule has 1 unspecified atom stereocenters. The molecule has 3 rings (SSSR count). The first kappa shape index (κ1) is 16.9. The number of ether oxygens (including phenoxy) is 1. The standard InChI is InChI=1S/C18H20FNO3S/c1-23-15-5-4-13(19)11-14(15)17(16-3-2-10-24-16)20-8-6-12(7-9-20)18(21)22/h2-5,10-12,17H,6-9H2,1H3,(H,21,22). The summed E-state index contributed by atoms with van der Waals surface area (Å²) in [4.78, 5) is 14.5. The van der Waals surface area contributed by atoms with Crippen LogP contribution < -0.4 is 4.74 Å². The molecule has 1 fully saturated rings. The van der Waals surface area contributed by atoms with Gasteiger partial charge in [0.05, 0.1) is 19.1 Å². The lowest BCUT2D eigenvalue weighted by Crippen LogP contribution is -2.39. The van der Waals surface area contributed by atoms with Gasteiger partial charge in [-0.15, -0.1) is 11.3 Å². The zero-order valence-corrected chi connectivity index (χ0v) is 14.3. The summed E-state index contributed by atoms with van der Waals surface area (Å²) in [5, 5.41) is 11.2. The average Bonchev–Trinajstić information content (AvgIpc) is 3.10. The number of hydrogen-bond donors (Lipinski definition) is 1. The van der Waals surface area contributed by atoms with Crippen molar-refractivity contribution in [1.82, 2.24) is 4.90 Å². The fourth-order valence-electron chi connectivity index (χ4n) is 3.30.